The molecule has 0 saturated carbocycles. The van der Waals surface area contributed by atoms with Gasteiger partial charge in [-0.3, -0.25) is 4.57 Å². The van der Waals surface area contributed by atoms with Gasteiger partial charge in [0.05, 0.1) is 16.6 Å². The van der Waals surface area contributed by atoms with E-state index in [0.717, 1.165) is 5.56 Å². The van der Waals surface area contributed by atoms with Gasteiger partial charge in [0.2, 0.25) is 0 Å². The second-order valence-corrected chi connectivity index (χ2v) is 4.80. The van der Waals surface area contributed by atoms with E-state index in [-0.39, 0.29) is 5.82 Å². The highest BCUT2D eigenvalue weighted by Gasteiger charge is 2.15. The Morgan fingerprint density at radius 2 is 1.90 bits per heavy atom. The molecule has 1 heterocycles. The van der Waals surface area contributed by atoms with E-state index in [1.165, 1.54) is 10.6 Å². The molecule has 0 aliphatic rings. The van der Waals surface area contributed by atoms with Gasteiger partial charge < -0.3 is 5.32 Å². The van der Waals surface area contributed by atoms with E-state index >= 15 is 0 Å². The van der Waals surface area contributed by atoms with Crippen LogP contribution in [0.15, 0.2) is 47.3 Å². The van der Waals surface area contributed by atoms with E-state index in [0.29, 0.717) is 16.6 Å². The van der Waals surface area contributed by atoms with Crippen molar-refractivity contribution in [3.63, 3.8) is 0 Å². The lowest BCUT2D eigenvalue weighted by molar-refractivity contribution is 0.637. The third kappa shape index (κ3) is 2.16. The van der Waals surface area contributed by atoms with E-state index in [4.69, 9.17) is 0 Å². The molecule has 0 atom stereocenters. The molecule has 3 aromatic rings. The number of hydrogen-bond donors (Lipinski definition) is 1. The standard InChI is InChI=1S/C16H14FN3O/c1-10-8-12(17)14-13(9-10)20(11-6-4-3-5-7-11)16(21)19-15(14)18-2/h3-9H,1-2H3,(H,18,19,21). The molecule has 3 rings (SSSR count). The van der Waals surface area contributed by atoms with Crippen LogP contribution in [0.3, 0.4) is 0 Å². The van der Waals surface area contributed by atoms with Crippen molar-refractivity contribution >= 4 is 16.7 Å². The van der Waals surface area contributed by atoms with Gasteiger partial charge in [0.15, 0.2) is 0 Å². The minimum absolute atomic E-state index is 0.250. The zero-order chi connectivity index (χ0) is 15.0. The van der Waals surface area contributed by atoms with Crippen LogP contribution < -0.4 is 11.0 Å². The highest BCUT2D eigenvalue weighted by molar-refractivity contribution is 5.91. The number of aromatic nitrogens is 2. The molecular weight excluding hydrogens is 269 g/mol. The molecule has 0 saturated heterocycles. The topological polar surface area (TPSA) is 46.9 Å². The minimum Gasteiger partial charge on any atom is -0.372 e. The van der Waals surface area contributed by atoms with Crippen molar-refractivity contribution in [2.45, 2.75) is 6.92 Å². The summed E-state index contributed by atoms with van der Waals surface area (Å²) in [5, 5.41) is 3.10. The molecule has 0 aliphatic heterocycles. The van der Waals surface area contributed by atoms with Crippen LogP contribution in [0, 0.1) is 12.7 Å². The van der Waals surface area contributed by atoms with Gasteiger partial charge >= 0.3 is 5.69 Å². The predicted molar refractivity (Wildman–Crippen MR) is 81.6 cm³/mol. The summed E-state index contributed by atoms with van der Waals surface area (Å²) in [6, 6.07) is 12.3. The lowest BCUT2D eigenvalue weighted by Crippen LogP contribution is -2.23. The Kier molecular flexibility index (Phi) is 3.17. The zero-order valence-corrected chi connectivity index (χ0v) is 11.7. The summed E-state index contributed by atoms with van der Waals surface area (Å²) >= 11 is 0. The van der Waals surface area contributed by atoms with Crippen molar-refractivity contribution in [3.05, 3.63) is 64.3 Å². The summed E-state index contributed by atoms with van der Waals surface area (Å²) in [5.74, 6) is -0.147. The quantitative estimate of drug-likeness (QED) is 0.786. The molecule has 21 heavy (non-hydrogen) atoms. The maximum Gasteiger partial charge on any atom is 0.354 e. The Labute approximate surface area is 120 Å². The van der Waals surface area contributed by atoms with E-state index in [2.05, 4.69) is 10.3 Å². The maximum atomic E-state index is 14.3. The van der Waals surface area contributed by atoms with Crippen LogP contribution in [0.2, 0.25) is 0 Å². The molecule has 0 unspecified atom stereocenters. The highest BCUT2D eigenvalue weighted by Crippen LogP contribution is 2.26. The number of nitrogens with zero attached hydrogens (tertiary/aromatic N) is 2. The number of aryl methyl sites for hydroxylation is 1. The number of anilines is 1. The molecule has 0 radical (unpaired) electrons. The van der Waals surface area contributed by atoms with Crippen molar-refractivity contribution in [1.82, 2.24) is 9.55 Å². The first-order valence-electron chi connectivity index (χ1n) is 6.58. The molecule has 0 spiro atoms. The fourth-order valence-corrected chi connectivity index (χ4v) is 2.45. The van der Waals surface area contributed by atoms with Crippen LogP contribution in [0.4, 0.5) is 10.2 Å². The lowest BCUT2D eigenvalue weighted by atomic mass is 10.1. The zero-order valence-electron chi connectivity index (χ0n) is 11.7. The Bertz CT molecular complexity index is 872. The summed E-state index contributed by atoms with van der Waals surface area (Å²) < 4.78 is 15.7. The van der Waals surface area contributed by atoms with E-state index in [9.17, 15) is 9.18 Å². The van der Waals surface area contributed by atoms with Gasteiger partial charge in [-0.25, -0.2) is 9.18 Å². The van der Waals surface area contributed by atoms with E-state index < -0.39 is 11.5 Å². The van der Waals surface area contributed by atoms with Crippen molar-refractivity contribution < 1.29 is 4.39 Å². The number of benzene rings is 2. The Balaban J connectivity index is 2.51. The molecule has 0 amide bonds. The number of hydrogen-bond acceptors (Lipinski definition) is 3. The number of rotatable bonds is 2. The van der Waals surface area contributed by atoms with Crippen molar-refractivity contribution in [2.24, 2.45) is 0 Å². The average molecular weight is 283 g/mol. The van der Waals surface area contributed by atoms with Crippen LogP contribution in [0.5, 0.6) is 0 Å². The smallest absolute Gasteiger partial charge is 0.354 e. The van der Waals surface area contributed by atoms with Gasteiger partial charge in [0, 0.05) is 7.05 Å². The van der Waals surface area contributed by atoms with Crippen molar-refractivity contribution in [3.8, 4) is 5.69 Å². The first kappa shape index (κ1) is 13.3. The van der Waals surface area contributed by atoms with Crippen LogP contribution in [0.25, 0.3) is 16.6 Å². The summed E-state index contributed by atoms with van der Waals surface area (Å²) in [7, 11) is 1.62. The Hall–Kier alpha value is -2.69. The molecule has 0 fully saturated rings. The van der Waals surface area contributed by atoms with Gasteiger partial charge in [-0.15, -0.1) is 0 Å². The lowest BCUT2D eigenvalue weighted by Gasteiger charge is -2.13. The fourth-order valence-electron chi connectivity index (χ4n) is 2.45. The van der Waals surface area contributed by atoms with Crippen LogP contribution in [-0.4, -0.2) is 16.6 Å². The highest BCUT2D eigenvalue weighted by atomic mass is 19.1. The third-order valence-electron chi connectivity index (χ3n) is 3.34. The molecule has 2 aromatic carbocycles. The largest absolute Gasteiger partial charge is 0.372 e. The average Bonchev–Trinajstić information content (AvgIpc) is 2.46. The van der Waals surface area contributed by atoms with Gasteiger partial charge in [-0.2, -0.15) is 4.98 Å². The second-order valence-electron chi connectivity index (χ2n) is 4.80. The van der Waals surface area contributed by atoms with Gasteiger partial charge in [-0.1, -0.05) is 18.2 Å². The van der Waals surface area contributed by atoms with Crippen molar-refractivity contribution in [2.75, 3.05) is 12.4 Å². The van der Waals surface area contributed by atoms with E-state index in [1.807, 2.05) is 18.2 Å². The molecular formula is C16H14FN3O. The first-order chi connectivity index (χ1) is 10.1. The molecule has 5 heteroatoms. The molecule has 0 bridgehead atoms. The van der Waals surface area contributed by atoms with Gasteiger partial charge in [0.1, 0.15) is 11.6 Å². The molecule has 4 nitrogen and oxygen atoms in total. The summed E-state index contributed by atoms with van der Waals surface area (Å²) in [6.07, 6.45) is 0. The van der Waals surface area contributed by atoms with E-state index in [1.54, 1.807) is 32.2 Å². The molecule has 1 N–H and O–H groups in total. The monoisotopic (exact) mass is 283 g/mol. The Morgan fingerprint density at radius 1 is 1.19 bits per heavy atom. The number of nitrogens with one attached hydrogen (secondary N) is 1. The first-order valence-corrected chi connectivity index (χ1v) is 6.58. The number of halogens is 1. The van der Waals surface area contributed by atoms with Crippen molar-refractivity contribution in [1.29, 1.82) is 0 Å². The number of fused-ring (bicyclic) bond motifs is 1. The second kappa shape index (κ2) is 5.01. The third-order valence-corrected chi connectivity index (χ3v) is 3.34. The number of para-hydroxylation sites is 1. The summed E-state index contributed by atoms with van der Waals surface area (Å²) in [6.45, 7) is 1.79. The van der Waals surface area contributed by atoms with Crippen LogP contribution in [-0.2, 0) is 0 Å². The predicted octanol–water partition coefficient (Wildman–Crippen LogP) is 2.87. The Morgan fingerprint density at radius 3 is 2.57 bits per heavy atom. The molecule has 106 valence electrons. The minimum atomic E-state index is -0.442. The van der Waals surface area contributed by atoms with Gasteiger partial charge in [-0.05, 0) is 36.8 Å². The summed E-state index contributed by atoms with van der Waals surface area (Å²) in [4.78, 5) is 16.3. The molecule has 0 aliphatic carbocycles. The van der Waals surface area contributed by atoms with Crippen LogP contribution >= 0.6 is 0 Å². The maximum absolute atomic E-state index is 14.3. The summed E-state index contributed by atoms with van der Waals surface area (Å²) in [5.41, 5.74) is 1.47. The SMILES string of the molecule is CNc1nc(=O)n(-c2ccccc2)c2cc(C)cc(F)c12. The van der Waals surface area contributed by atoms with Gasteiger partial charge in [0.25, 0.3) is 0 Å². The normalized spacial score (nSPS) is 10.8. The van der Waals surface area contributed by atoms with Crippen LogP contribution in [0.1, 0.15) is 5.56 Å². The fraction of sp³-hybridized carbons (Fsp3) is 0.125. The molecule has 1 aromatic heterocycles.